The second-order valence-corrected chi connectivity index (χ2v) is 16.0. The standard InChI is InChI=1S/C37H53N3O8/c1-11-28(41)30(43)25(16-23-12-13-23)17-29(42)27-19-37(18-26(39-48-37)24-14-21(2)31(46-10)22(3)15-24)20-40(27)33(44)32(35(4,5)6)38-34(45)47-36(7,8)9/h14-15,23,25,27,32H,11-13,16-20H2,1-10H3,(H,38,45)/t25-,27+,32-,37-/m1/s1. The molecule has 0 unspecified atom stereocenters. The number of carbonyl (C=O) groups excluding carboxylic acids is 5. The van der Waals surface area contributed by atoms with Crippen molar-refractivity contribution in [2.24, 2.45) is 22.4 Å². The van der Waals surface area contributed by atoms with Crippen LogP contribution in [-0.2, 0) is 28.8 Å². The molecule has 1 saturated heterocycles. The van der Waals surface area contributed by atoms with Gasteiger partial charge >= 0.3 is 6.09 Å². The van der Waals surface area contributed by atoms with Crippen LogP contribution < -0.4 is 10.1 Å². The fourth-order valence-electron chi connectivity index (χ4n) is 6.84. The van der Waals surface area contributed by atoms with Crippen LogP contribution in [0.2, 0.25) is 0 Å². The fourth-order valence-corrected chi connectivity index (χ4v) is 6.84. The van der Waals surface area contributed by atoms with E-state index in [9.17, 15) is 24.0 Å². The Morgan fingerprint density at radius 1 is 1.06 bits per heavy atom. The molecule has 2 heterocycles. The van der Waals surface area contributed by atoms with Gasteiger partial charge in [-0.05, 0) is 75.6 Å². The number of rotatable bonds is 12. The summed E-state index contributed by atoms with van der Waals surface area (Å²) in [6.07, 6.45) is 2.12. The van der Waals surface area contributed by atoms with Crippen LogP contribution in [0.4, 0.5) is 4.79 Å². The molecule has 264 valence electrons. The van der Waals surface area contributed by atoms with Crippen LogP contribution in [0.1, 0.15) is 110 Å². The lowest BCUT2D eigenvalue weighted by atomic mass is 9.84. The molecule has 0 bridgehead atoms. The predicted molar refractivity (Wildman–Crippen MR) is 181 cm³/mol. The zero-order valence-electron chi connectivity index (χ0n) is 30.3. The van der Waals surface area contributed by atoms with Crippen molar-refractivity contribution in [3.63, 3.8) is 0 Å². The van der Waals surface area contributed by atoms with Crippen molar-refractivity contribution in [2.75, 3.05) is 13.7 Å². The zero-order valence-corrected chi connectivity index (χ0v) is 30.3. The van der Waals surface area contributed by atoms with E-state index in [4.69, 9.17) is 14.3 Å². The molecule has 1 spiro atoms. The summed E-state index contributed by atoms with van der Waals surface area (Å²) in [4.78, 5) is 74.9. The maximum Gasteiger partial charge on any atom is 0.408 e. The molecule has 2 aliphatic heterocycles. The number of likely N-dealkylation sites (tertiary alicyclic amines) is 1. The molecule has 4 atom stereocenters. The first kappa shape index (κ1) is 37.1. The highest BCUT2D eigenvalue weighted by Gasteiger charge is 2.55. The molecular formula is C37H53N3O8. The van der Waals surface area contributed by atoms with Crippen molar-refractivity contribution in [3.8, 4) is 5.75 Å². The Bertz CT molecular complexity index is 1460. The minimum atomic E-state index is -1.03. The van der Waals surface area contributed by atoms with Crippen molar-refractivity contribution in [2.45, 2.75) is 131 Å². The molecule has 48 heavy (non-hydrogen) atoms. The third-order valence-corrected chi connectivity index (χ3v) is 9.39. The summed E-state index contributed by atoms with van der Waals surface area (Å²) in [5, 5.41) is 7.22. The number of methoxy groups -OCH3 is 1. The van der Waals surface area contributed by atoms with Crippen molar-refractivity contribution >= 4 is 35.1 Å². The average Bonchev–Trinajstić information content (AvgIpc) is 3.58. The van der Waals surface area contributed by atoms with E-state index >= 15 is 0 Å². The van der Waals surface area contributed by atoms with Gasteiger partial charge in [0.25, 0.3) is 0 Å². The van der Waals surface area contributed by atoms with Crippen LogP contribution >= 0.6 is 0 Å². The van der Waals surface area contributed by atoms with E-state index in [1.165, 1.54) is 4.90 Å². The fraction of sp³-hybridized carbons (Fsp3) is 0.676. The van der Waals surface area contributed by atoms with Crippen molar-refractivity contribution in [3.05, 3.63) is 28.8 Å². The predicted octanol–water partition coefficient (Wildman–Crippen LogP) is 5.64. The van der Waals surface area contributed by atoms with Crippen molar-refractivity contribution in [1.29, 1.82) is 0 Å². The normalized spacial score (nSPS) is 22.1. The Morgan fingerprint density at radius 2 is 1.69 bits per heavy atom. The quantitative estimate of drug-likeness (QED) is 0.283. The van der Waals surface area contributed by atoms with Gasteiger partial charge in [-0.1, -0.05) is 45.7 Å². The van der Waals surface area contributed by atoms with Gasteiger partial charge in [0.2, 0.25) is 11.7 Å². The summed E-state index contributed by atoms with van der Waals surface area (Å²) in [6.45, 7) is 16.3. The highest BCUT2D eigenvalue weighted by Crippen LogP contribution is 2.42. The molecule has 1 saturated carbocycles. The van der Waals surface area contributed by atoms with E-state index in [0.717, 1.165) is 35.3 Å². The second-order valence-electron chi connectivity index (χ2n) is 16.0. The van der Waals surface area contributed by atoms with E-state index < -0.39 is 58.2 Å². The lowest BCUT2D eigenvalue weighted by Crippen LogP contribution is -2.57. The minimum absolute atomic E-state index is 0.0566. The number of ketones is 3. The molecule has 4 rings (SSSR count). The van der Waals surface area contributed by atoms with Crippen molar-refractivity contribution < 1.29 is 38.3 Å². The molecule has 1 aromatic carbocycles. The number of nitrogens with one attached hydrogen (secondary N) is 1. The molecule has 1 N–H and O–H groups in total. The van der Waals surface area contributed by atoms with Crippen LogP contribution in [0.5, 0.6) is 5.75 Å². The first-order chi connectivity index (χ1) is 22.3. The smallest absolute Gasteiger partial charge is 0.408 e. The molecule has 2 fully saturated rings. The first-order valence-corrected chi connectivity index (χ1v) is 17.1. The molecule has 0 radical (unpaired) electrons. The van der Waals surface area contributed by atoms with Crippen LogP contribution in [0.3, 0.4) is 0 Å². The van der Waals surface area contributed by atoms with Gasteiger partial charge in [0, 0.05) is 37.2 Å². The number of ether oxygens (including phenoxy) is 2. The van der Waals surface area contributed by atoms with E-state index in [-0.39, 0.29) is 31.6 Å². The summed E-state index contributed by atoms with van der Waals surface area (Å²) in [5.41, 5.74) is 0.932. The van der Waals surface area contributed by atoms with Gasteiger partial charge in [0.1, 0.15) is 17.4 Å². The number of hydrogen-bond acceptors (Lipinski definition) is 9. The van der Waals surface area contributed by atoms with Gasteiger partial charge in [-0.25, -0.2) is 4.79 Å². The minimum Gasteiger partial charge on any atom is -0.496 e. The number of carbonyl (C=O) groups is 5. The maximum atomic E-state index is 14.5. The average molecular weight is 668 g/mol. The molecule has 11 heteroatoms. The van der Waals surface area contributed by atoms with E-state index in [1.807, 2.05) is 46.8 Å². The topological polar surface area (TPSA) is 141 Å². The molecule has 1 aliphatic carbocycles. The van der Waals surface area contributed by atoms with Crippen LogP contribution in [0.25, 0.3) is 0 Å². The van der Waals surface area contributed by atoms with Gasteiger partial charge in [0.15, 0.2) is 17.2 Å². The summed E-state index contributed by atoms with van der Waals surface area (Å²) in [5.74, 6) is -1.38. The zero-order chi connectivity index (χ0) is 35.8. The highest BCUT2D eigenvalue weighted by molar-refractivity contribution is 6.38. The van der Waals surface area contributed by atoms with E-state index in [2.05, 4.69) is 10.5 Å². The summed E-state index contributed by atoms with van der Waals surface area (Å²) < 4.78 is 11.0. The van der Waals surface area contributed by atoms with Gasteiger partial charge < -0.3 is 24.5 Å². The largest absolute Gasteiger partial charge is 0.496 e. The van der Waals surface area contributed by atoms with Crippen LogP contribution in [0.15, 0.2) is 17.3 Å². The number of aryl methyl sites for hydroxylation is 2. The van der Waals surface area contributed by atoms with Crippen LogP contribution in [0, 0.1) is 31.1 Å². The lowest BCUT2D eigenvalue weighted by Gasteiger charge is -2.36. The van der Waals surface area contributed by atoms with E-state index in [0.29, 0.717) is 24.5 Å². The third kappa shape index (κ3) is 8.63. The number of oxime groups is 1. The lowest BCUT2D eigenvalue weighted by molar-refractivity contribution is -0.143. The Balaban J connectivity index is 1.66. The second kappa shape index (κ2) is 14.0. The van der Waals surface area contributed by atoms with Crippen LogP contribution in [-0.4, -0.2) is 76.9 Å². The van der Waals surface area contributed by atoms with Gasteiger partial charge in [-0.2, -0.15) is 0 Å². The molecular weight excluding hydrogens is 614 g/mol. The number of alkyl carbamates (subject to hydrolysis) is 1. The summed E-state index contributed by atoms with van der Waals surface area (Å²) in [6, 6.07) is 1.99. The number of amides is 2. The molecule has 2 amide bonds. The number of benzene rings is 1. The van der Waals surface area contributed by atoms with E-state index in [1.54, 1.807) is 34.8 Å². The Hall–Kier alpha value is -3.76. The Labute approximate surface area is 284 Å². The number of nitrogens with zero attached hydrogens (tertiary/aromatic N) is 2. The summed E-state index contributed by atoms with van der Waals surface area (Å²) in [7, 11) is 1.63. The molecule has 1 aromatic rings. The first-order valence-electron chi connectivity index (χ1n) is 17.1. The molecule has 0 aromatic heterocycles. The van der Waals surface area contributed by atoms with Gasteiger partial charge in [-0.3, -0.25) is 19.2 Å². The maximum absolute atomic E-state index is 14.5. The Morgan fingerprint density at radius 3 is 2.21 bits per heavy atom. The monoisotopic (exact) mass is 667 g/mol. The highest BCUT2D eigenvalue weighted by atomic mass is 16.7. The molecule has 11 nitrogen and oxygen atoms in total. The van der Waals surface area contributed by atoms with Gasteiger partial charge in [-0.15, -0.1) is 0 Å². The summed E-state index contributed by atoms with van der Waals surface area (Å²) >= 11 is 0. The number of Topliss-reactive ketones (excluding diaryl/α,β-unsaturated/α-hetero) is 3. The van der Waals surface area contributed by atoms with Crippen molar-refractivity contribution in [1.82, 2.24) is 10.2 Å². The number of hydrogen-bond donors (Lipinski definition) is 1. The SMILES string of the molecule is CCC(=O)C(=O)[C@@H](CC(=O)[C@@H]1C[C@]2(CC(c3cc(C)c(OC)c(C)c3)=NO2)CN1C(=O)[C@@H](NC(=O)OC(C)(C)C)C(C)(C)C)CC1CC1. The van der Waals surface area contributed by atoms with Gasteiger partial charge in [0.05, 0.1) is 25.4 Å². The third-order valence-electron chi connectivity index (χ3n) is 9.39. The molecule has 3 aliphatic rings. The Kier molecular flexibility index (Phi) is 10.8.